The molecule has 0 unspecified atom stereocenters. The van der Waals surface area contributed by atoms with Crippen molar-refractivity contribution in [2.24, 2.45) is 0 Å². The number of aromatic amines is 1. The third-order valence-corrected chi connectivity index (χ3v) is 6.15. The summed E-state index contributed by atoms with van der Waals surface area (Å²) >= 11 is 0. The summed E-state index contributed by atoms with van der Waals surface area (Å²) in [5.41, 5.74) is 3.93. The first kappa shape index (κ1) is 20.5. The lowest BCUT2D eigenvalue weighted by atomic mass is 9.89. The van der Waals surface area contributed by atoms with Crippen molar-refractivity contribution < 1.29 is 0 Å². The molecule has 0 aliphatic heterocycles. The lowest BCUT2D eigenvalue weighted by Gasteiger charge is -2.18. The quantitative estimate of drug-likeness (QED) is 0.463. The average molecular weight is 429 g/mol. The van der Waals surface area contributed by atoms with Crippen LogP contribution in [-0.4, -0.2) is 40.4 Å². The van der Waals surface area contributed by atoms with Gasteiger partial charge in [0.1, 0.15) is 5.82 Å². The number of H-pyrrole nitrogens is 1. The first-order valence-electron chi connectivity index (χ1n) is 11.5. The highest BCUT2D eigenvalue weighted by atomic mass is 15.5. The smallest absolute Gasteiger partial charge is 0.206 e. The summed E-state index contributed by atoms with van der Waals surface area (Å²) in [4.78, 5) is 9.55. The Labute approximate surface area is 187 Å². The fraction of sp³-hybridized carbons (Fsp3) is 0.417. The largest absolute Gasteiger partial charge is 0.255 e. The molecule has 32 heavy (non-hydrogen) atoms. The van der Waals surface area contributed by atoms with Gasteiger partial charge < -0.3 is 0 Å². The van der Waals surface area contributed by atoms with Crippen LogP contribution in [0.2, 0.25) is 0 Å². The van der Waals surface area contributed by atoms with Crippen LogP contribution in [0.5, 0.6) is 0 Å². The van der Waals surface area contributed by atoms with E-state index in [1.165, 1.54) is 37.7 Å². The minimum absolute atomic E-state index is 0.524. The SMILES string of the molecule is CCCn1nc(C2CCCCC2)nc1Cc1ccc(-c2ncccc2-c2nn[nH]n2)cc1. The van der Waals surface area contributed by atoms with Crippen LogP contribution in [0.1, 0.15) is 68.6 Å². The molecule has 1 aliphatic rings. The lowest BCUT2D eigenvalue weighted by Crippen LogP contribution is -2.08. The zero-order valence-corrected chi connectivity index (χ0v) is 18.4. The molecule has 0 radical (unpaired) electrons. The molecule has 1 fully saturated rings. The number of hydrogen-bond acceptors (Lipinski definition) is 6. The Morgan fingerprint density at radius 3 is 2.66 bits per heavy atom. The molecule has 0 spiro atoms. The number of benzene rings is 1. The monoisotopic (exact) mass is 428 g/mol. The number of aryl methyl sites for hydroxylation is 1. The number of tetrazole rings is 1. The second-order valence-corrected chi connectivity index (χ2v) is 8.45. The van der Waals surface area contributed by atoms with Crippen LogP contribution >= 0.6 is 0 Å². The maximum absolute atomic E-state index is 4.99. The van der Waals surface area contributed by atoms with E-state index in [1.54, 1.807) is 6.20 Å². The summed E-state index contributed by atoms with van der Waals surface area (Å²) < 4.78 is 2.12. The summed E-state index contributed by atoms with van der Waals surface area (Å²) in [7, 11) is 0. The minimum Gasteiger partial charge on any atom is -0.255 e. The Bertz CT molecular complexity index is 1140. The van der Waals surface area contributed by atoms with Crippen molar-refractivity contribution in [2.75, 3.05) is 0 Å². The van der Waals surface area contributed by atoms with Gasteiger partial charge in [-0.3, -0.25) is 4.98 Å². The van der Waals surface area contributed by atoms with Gasteiger partial charge >= 0.3 is 0 Å². The molecular formula is C24H28N8. The summed E-state index contributed by atoms with van der Waals surface area (Å²) in [6, 6.07) is 12.3. The van der Waals surface area contributed by atoms with Crippen LogP contribution in [0.25, 0.3) is 22.6 Å². The Hall–Kier alpha value is -3.42. The van der Waals surface area contributed by atoms with Crippen LogP contribution in [0, 0.1) is 0 Å². The Balaban J connectivity index is 1.38. The van der Waals surface area contributed by atoms with E-state index in [2.05, 4.69) is 61.5 Å². The average Bonchev–Trinajstić information content (AvgIpc) is 3.51. The van der Waals surface area contributed by atoms with Crippen molar-refractivity contribution in [3.8, 4) is 22.6 Å². The second kappa shape index (κ2) is 9.38. The van der Waals surface area contributed by atoms with E-state index < -0.39 is 0 Å². The fourth-order valence-corrected chi connectivity index (χ4v) is 4.50. The molecule has 4 aromatic rings. The molecule has 8 nitrogen and oxygen atoms in total. The fourth-order valence-electron chi connectivity index (χ4n) is 4.50. The summed E-state index contributed by atoms with van der Waals surface area (Å²) in [5, 5.41) is 19.3. The first-order chi connectivity index (χ1) is 15.8. The van der Waals surface area contributed by atoms with Gasteiger partial charge in [0.15, 0.2) is 5.82 Å². The first-order valence-corrected chi connectivity index (χ1v) is 11.5. The van der Waals surface area contributed by atoms with E-state index in [0.29, 0.717) is 11.7 Å². The predicted molar refractivity (Wildman–Crippen MR) is 122 cm³/mol. The molecule has 5 rings (SSSR count). The van der Waals surface area contributed by atoms with Gasteiger partial charge in [0.25, 0.3) is 0 Å². The van der Waals surface area contributed by atoms with Crippen LogP contribution < -0.4 is 0 Å². The van der Waals surface area contributed by atoms with Gasteiger partial charge in [0, 0.05) is 36.2 Å². The highest BCUT2D eigenvalue weighted by molar-refractivity contribution is 5.76. The maximum Gasteiger partial charge on any atom is 0.206 e. The molecule has 0 atom stereocenters. The molecule has 0 amide bonds. The van der Waals surface area contributed by atoms with Gasteiger partial charge in [-0.1, -0.05) is 50.5 Å². The number of pyridine rings is 1. The van der Waals surface area contributed by atoms with Crippen LogP contribution in [0.3, 0.4) is 0 Å². The number of rotatable bonds is 7. The van der Waals surface area contributed by atoms with Crippen LogP contribution in [0.4, 0.5) is 0 Å². The van der Waals surface area contributed by atoms with E-state index >= 15 is 0 Å². The van der Waals surface area contributed by atoms with E-state index in [9.17, 15) is 0 Å². The zero-order valence-electron chi connectivity index (χ0n) is 18.4. The highest BCUT2D eigenvalue weighted by Gasteiger charge is 2.21. The van der Waals surface area contributed by atoms with Crippen LogP contribution in [0.15, 0.2) is 42.6 Å². The molecular weight excluding hydrogens is 400 g/mol. The standard InChI is InChI=1S/C24H28N8/c1-2-15-32-21(26-23(29-32)19-7-4-3-5-8-19)16-17-10-12-18(13-11-17)22-20(9-6-14-25-22)24-27-30-31-28-24/h6,9-14,19H,2-5,7-8,15-16H2,1H3,(H,27,28,30,31). The minimum atomic E-state index is 0.524. The Morgan fingerprint density at radius 2 is 1.91 bits per heavy atom. The van der Waals surface area contributed by atoms with E-state index in [-0.39, 0.29) is 0 Å². The zero-order chi connectivity index (χ0) is 21.8. The van der Waals surface area contributed by atoms with Gasteiger partial charge in [-0.2, -0.15) is 10.3 Å². The van der Waals surface area contributed by atoms with Crippen molar-refractivity contribution >= 4 is 0 Å². The molecule has 1 aliphatic carbocycles. The third-order valence-electron chi connectivity index (χ3n) is 6.15. The van der Waals surface area contributed by atoms with Crippen molar-refractivity contribution in [3.63, 3.8) is 0 Å². The van der Waals surface area contributed by atoms with Gasteiger partial charge in [0.05, 0.1) is 5.69 Å². The summed E-state index contributed by atoms with van der Waals surface area (Å²) in [6.07, 6.45) is 9.99. The normalized spacial score (nSPS) is 14.7. The predicted octanol–water partition coefficient (Wildman–Crippen LogP) is 4.57. The van der Waals surface area contributed by atoms with Crippen molar-refractivity contribution in [3.05, 3.63) is 59.8 Å². The third kappa shape index (κ3) is 4.30. The van der Waals surface area contributed by atoms with E-state index in [4.69, 9.17) is 10.1 Å². The highest BCUT2D eigenvalue weighted by Crippen LogP contribution is 2.31. The maximum atomic E-state index is 4.99. The molecule has 3 heterocycles. The lowest BCUT2D eigenvalue weighted by molar-refractivity contribution is 0.425. The topological polar surface area (TPSA) is 98.1 Å². The molecule has 164 valence electrons. The number of hydrogen-bond donors (Lipinski definition) is 1. The van der Waals surface area contributed by atoms with Gasteiger partial charge in [-0.25, -0.2) is 9.67 Å². The number of nitrogens with zero attached hydrogens (tertiary/aromatic N) is 7. The van der Waals surface area contributed by atoms with Gasteiger partial charge in [-0.05, 0) is 42.2 Å². The van der Waals surface area contributed by atoms with E-state index in [1.807, 2.05) is 12.1 Å². The van der Waals surface area contributed by atoms with Crippen molar-refractivity contribution in [1.29, 1.82) is 0 Å². The molecule has 1 aromatic carbocycles. The second-order valence-electron chi connectivity index (χ2n) is 8.45. The molecule has 1 saturated carbocycles. The number of aromatic nitrogens is 8. The molecule has 8 heteroatoms. The van der Waals surface area contributed by atoms with Crippen LogP contribution in [-0.2, 0) is 13.0 Å². The van der Waals surface area contributed by atoms with Crippen molar-refractivity contribution in [2.45, 2.75) is 64.3 Å². The molecule has 0 bridgehead atoms. The Morgan fingerprint density at radius 1 is 1.06 bits per heavy atom. The molecule has 3 aromatic heterocycles. The molecule has 1 N–H and O–H groups in total. The Kier molecular flexibility index (Phi) is 6.00. The van der Waals surface area contributed by atoms with Gasteiger partial charge in [0.2, 0.25) is 5.82 Å². The molecule has 0 saturated heterocycles. The van der Waals surface area contributed by atoms with E-state index in [0.717, 1.165) is 47.9 Å². The summed E-state index contributed by atoms with van der Waals surface area (Å²) in [6.45, 7) is 3.10. The van der Waals surface area contributed by atoms with Crippen molar-refractivity contribution in [1.82, 2.24) is 40.4 Å². The number of nitrogens with one attached hydrogen (secondary N) is 1. The van der Waals surface area contributed by atoms with Gasteiger partial charge in [-0.15, -0.1) is 10.2 Å². The summed E-state index contributed by atoms with van der Waals surface area (Å²) in [5.74, 6) is 3.17.